The number of nitro groups is 1. The highest BCUT2D eigenvalue weighted by Gasteiger charge is 2.15. The van der Waals surface area contributed by atoms with Crippen LogP contribution in [0.2, 0.25) is 0 Å². The highest BCUT2D eigenvalue weighted by molar-refractivity contribution is 5.90. The maximum absolute atomic E-state index is 11.6. The van der Waals surface area contributed by atoms with Crippen molar-refractivity contribution >= 4 is 17.4 Å². The van der Waals surface area contributed by atoms with Gasteiger partial charge in [0.25, 0.3) is 5.69 Å². The van der Waals surface area contributed by atoms with Crippen molar-refractivity contribution in [1.82, 2.24) is 5.32 Å². The molecule has 1 rings (SSSR count). The van der Waals surface area contributed by atoms with Gasteiger partial charge in [-0.05, 0) is 33.8 Å². The summed E-state index contributed by atoms with van der Waals surface area (Å²) in [5, 5.41) is 16.0. The van der Waals surface area contributed by atoms with Gasteiger partial charge in [-0.3, -0.25) is 10.1 Å². The zero-order valence-electron chi connectivity index (χ0n) is 10.9. The molecular formula is C12H17N3O3. The van der Waals surface area contributed by atoms with Crippen molar-refractivity contribution in [3.63, 3.8) is 0 Å². The summed E-state index contributed by atoms with van der Waals surface area (Å²) < 4.78 is 0. The Bertz CT molecular complexity index is 478. The van der Waals surface area contributed by atoms with Gasteiger partial charge in [0.1, 0.15) is 0 Å². The number of benzene rings is 1. The maximum Gasteiger partial charge on any atom is 0.319 e. The largest absolute Gasteiger partial charge is 0.333 e. The number of nitro benzene ring substituents is 1. The number of carbonyl (C=O) groups is 1. The summed E-state index contributed by atoms with van der Waals surface area (Å²) in [6.45, 7) is 7.20. The average molecular weight is 251 g/mol. The predicted octanol–water partition coefficient (Wildman–Crippen LogP) is 2.82. The van der Waals surface area contributed by atoms with Gasteiger partial charge in [0, 0.05) is 22.9 Å². The summed E-state index contributed by atoms with van der Waals surface area (Å²) in [7, 11) is 0. The molecule has 0 aliphatic carbocycles. The molecule has 0 fully saturated rings. The van der Waals surface area contributed by atoms with Gasteiger partial charge in [-0.25, -0.2) is 4.79 Å². The van der Waals surface area contributed by atoms with Crippen LogP contribution in [0.5, 0.6) is 0 Å². The lowest BCUT2D eigenvalue weighted by Gasteiger charge is -2.20. The third-order valence-corrected chi connectivity index (χ3v) is 2.15. The van der Waals surface area contributed by atoms with Gasteiger partial charge in [-0.1, -0.05) is 6.07 Å². The van der Waals surface area contributed by atoms with Gasteiger partial charge >= 0.3 is 6.03 Å². The van der Waals surface area contributed by atoms with Crippen molar-refractivity contribution in [2.45, 2.75) is 33.2 Å². The van der Waals surface area contributed by atoms with E-state index in [0.717, 1.165) is 0 Å². The molecule has 2 amide bonds. The Morgan fingerprint density at radius 1 is 1.33 bits per heavy atom. The van der Waals surface area contributed by atoms with Crippen LogP contribution in [0, 0.1) is 17.0 Å². The molecule has 6 heteroatoms. The normalized spacial score (nSPS) is 10.9. The monoisotopic (exact) mass is 251 g/mol. The van der Waals surface area contributed by atoms with Crippen molar-refractivity contribution in [3.8, 4) is 0 Å². The van der Waals surface area contributed by atoms with Crippen molar-refractivity contribution in [2.24, 2.45) is 0 Å². The van der Waals surface area contributed by atoms with Crippen LogP contribution in [0.3, 0.4) is 0 Å². The second-order valence-corrected chi connectivity index (χ2v) is 5.09. The third-order valence-electron chi connectivity index (χ3n) is 2.15. The molecule has 0 bridgehead atoms. The average Bonchev–Trinajstić information content (AvgIpc) is 2.17. The summed E-state index contributed by atoms with van der Waals surface area (Å²) >= 11 is 0. The van der Waals surface area contributed by atoms with Gasteiger partial charge in [-0.15, -0.1) is 0 Å². The first kappa shape index (κ1) is 14.0. The van der Waals surface area contributed by atoms with E-state index in [4.69, 9.17) is 0 Å². The van der Waals surface area contributed by atoms with E-state index in [1.54, 1.807) is 19.1 Å². The lowest BCUT2D eigenvalue weighted by Crippen LogP contribution is -2.43. The number of nitrogens with one attached hydrogen (secondary N) is 2. The standard InChI is InChI=1S/C12H17N3O3/c1-8-5-6-9(7-10(8)15(17)18)13-11(16)14-12(2,3)4/h5-7H,1-4H3,(H2,13,14,16). The van der Waals surface area contributed by atoms with Crippen LogP contribution in [0.4, 0.5) is 16.2 Å². The minimum Gasteiger partial charge on any atom is -0.333 e. The number of hydrogen-bond donors (Lipinski definition) is 2. The third kappa shape index (κ3) is 4.04. The second kappa shape index (κ2) is 5.03. The van der Waals surface area contributed by atoms with E-state index in [2.05, 4.69) is 10.6 Å². The Morgan fingerprint density at radius 3 is 2.44 bits per heavy atom. The van der Waals surface area contributed by atoms with Crippen molar-refractivity contribution in [2.75, 3.05) is 5.32 Å². The highest BCUT2D eigenvalue weighted by atomic mass is 16.6. The fourth-order valence-electron chi connectivity index (χ4n) is 1.39. The smallest absolute Gasteiger partial charge is 0.319 e. The molecule has 0 saturated heterocycles. The molecule has 0 aliphatic rings. The van der Waals surface area contributed by atoms with E-state index in [-0.39, 0.29) is 17.3 Å². The van der Waals surface area contributed by atoms with E-state index < -0.39 is 4.92 Å². The molecular weight excluding hydrogens is 234 g/mol. The van der Waals surface area contributed by atoms with Crippen LogP contribution in [-0.4, -0.2) is 16.5 Å². The molecule has 2 N–H and O–H groups in total. The number of hydrogen-bond acceptors (Lipinski definition) is 3. The Labute approximate surface area is 106 Å². The van der Waals surface area contributed by atoms with Gasteiger partial charge in [0.15, 0.2) is 0 Å². The van der Waals surface area contributed by atoms with Gasteiger partial charge < -0.3 is 10.6 Å². The molecule has 0 unspecified atom stereocenters. The van der Waals surface area contributed by atoms with Crippen LogP contribution in [0.25, 0.3) is 0 Å². The minimum atomic E-state index is -0.470. The number of urea groups is 1. The van der Waals surface area contributed by atoms with Crippen LogP contribution >= 0.6 is 0 Å². The van der Waals surface area contributed by atoms with Crippen molar-refractivity contribution in [1.29, 1.82) is 0 Å². The first-order valence-corrected chi connectivity index (χ1v) is 5.53. The van der Waals surface area contributed by atoms with E-state index in [0.29, 0.717) is 11.3 Å². The zero-order chi connectivity index (χ0) is 13.9. The van der Waals surface area contributed by atoms with Crippen LogP contribution < -0.4 is 10.6 Å². The molecule has 0 radical (unpaired) electrons. The first-order valence-electron chi connectivity index (χ1n) is 5.53. The number of nitrogens with zero attached hydrogens (tertiary/aromatic N) is 1. The molecule has 1 aromatic carbocycles. The molecule has 0 saturated carbocycles. The molecule has 0 aliphatic heterocycles. The molecule has 0 atom stereocenters. The lowest BCUT2D eigenvalue weighted by molar-refractivity contribution is -0.385. The van der Waals surface area contributed by atoms with E-state index in [9.17, 15) is 14.9 Å². The quantitative estimate of drug-likeness (QED) is 0.626. The van der Waals surface area contributed by atoms with E-state index >= 15 is 0 Å². The SMILES string of the molecule is Cc1ccc(NC(=O)NC(C)(C)C)cc1[N+](=O)[O-]. The molecule has 0 aromatic heterocycles. The molecule has 0 spiro atoms. The summed E-state index contributed by atoms with van der Waals surface area (Å²) in [4.78, 5) is 21.9. The van der Waals surface area contributed by atoms with E-state index in [1.807, 2.05) is 20.8 Å². The summed E-state index contributed by atoms with van der Waals surface area (Å²) in [6, 6.07) is 4.19. The number of rotatable bonds is 2. The zero-order valence-corrected chi connectivity index (χ0v) is 10.9. The van der Waals surface area contributed by atoms with Gasteiger partial charge in [-0.2, -0.15) is 0 Å². The summed E-state index contributed by atoms with van der Waals surface area (Å²) in [6.07, 6.45) is 0. The number of amides is 2. The van der Waals surface area contributed by atoms with Crippen LogP contribution in [0.15, 0.2) is 18.2 Å². The van der Waals surface area contributed by atoms with Gasteiger partial charge in [0.05, 0.1) is 4.92 Å². The molecule has 98 valence electrons. The maximum atomic E-state index is 11.6. The molecule has 1 aromatic rings. The number of aryl methyl sites for hydroxylation is 1. The summed E-state index contributed by atoms with van der Waals surface area (Å²) in [5.41, 5.74) is 0.583. The van der Waals surface area contributed by atoms with E-state index in [1.165, 1.54) is 6.07 Å². The second-order valence-electron chi connectivity index (χ2n) is 5.09. The minimum absolute atomic E-state index is 0.0106. The lowest BCUT2D eigenvalue weighted by atomic mass is 10.1. The van der Waals surface area contributed by atoms with Crippen LogP contribution in [0.1, 0.15) is 26.3 Å². The number of carbonyl (C=O) groups excluding carboxylic acids is 1. The fourth-order valence-corrected chi connectivity index (χ4v) is 1.39. The first-order chi connectivity index (χ1) is 8.19. The topological polar surface area (TPSA) is 84.3 Å². The predicted molar refractivity (Wildman–Crippen MR) is 69.7 cm³/mol. The molecule has 18 heavy (non-hydrogen) atoms. The van der Waals surface area contributed by atoms with Crippen LogP contribution in [-0.2, 0) is 0 Å². The fraction of sp³-hybridized carbons (Fsp3) is 0.417. The Balaban J connectivity index is 2.83. The Hall–Kier alpha value is -2.11. The summed E-state index contributed by atoms with van der Waals surface area (Å²) in [5.74, 6) is 0. The van der Waals surface area contributed by atoms with Crippen molar-refractivity contribution < 1.29 is 9.72 Å². The molecule has 6 nitrogen and oxygen atoms in total. The highest BCUT2D eigenvalue weighted by Crippen LogP contribution is 2.22. The van der Waals surface area contributed by atoms with Crippen molar-refractivity contribution in [3.05, 3.63) is 33.9 Å². The Kier molecular flexibility index (Phi) is 3.90. The van der Waals surface area contributed by atoms with Gasteiger partial charge in [0.2, 0.25) is 0 Å². The Morgan fingerprint density at radius 2 is 1.94 bits per heavy atom. The molecule has 0 heterocycles. The number of anilines is 1.